The van der Waals surface area contributed by atoms with Gasteiger partial charge in [-0.15, -0.1) is 10.2 Å². The highest BCUT2D eigenvalue weighted by Gasteiger charge is 2.32. The number of aromatic nitrogens is 3. The molecule has 1 aromatic carbocycles. The standard InChI is InChI=1S/C22H31N5O3S/c1-16-12-17(2)14-27(13-16)31(29,30)20-6-4-19(5-7-20)22(28)26-10-8-18(9-11-26)21-24-23-15-25(21)3/h4-7,15-18H,8-14H2,1-3H3/t16-,17-/m0/s1. The van der Waals surface area contributed by atoms with Crippen LogP contribution in [0.25, 0.3) is 0 Å². The Bertz CT molecular complexity index is 1020. The fourth-order valence-electron chi connectivity index (χ4n) is 4.91. The van der Waals surface area contributed by atoms with E-state index in [9.17, 15) is 13.2 Å². The number of aryl methyl sites for hydroxylation is 1. The van der Waals surface area contributed by atoms with Crippen molar-refractivity contribution in [2.24, 2.45) is 18.9 Å². The molecule has 8 nitrogen and oxygen atoms in total. The zero-order valence-corrected chi connectivity index (χ0v) is 19.3. The van der Waals surface area contributed by atoms with Gasteiger partial charge in [-0.1, -0.05) is 13.8 Å². The highest BCUT2D eigenvalue weighted by molar-refractivity contribution is 7.89. The molecule has 4 rings (SSSR count). The first-order valence-electron chi connectivity index (χ1n) is 11.0. The second-order valence-corrected chi connectivity index (χ2v) is 11.1. The van der Waals surface area contributed by atoms with Crippen LogP contribution >= 0.6 is 0 Å². The first-order chi connectivity index (χ1) is 14.8. The minimum Gasteiger partial charge on any atom is -0.339 e. The number of piperidine rings is 2. The van der Waals surface area contributed by atoms with Crippen LogP contribution < -0.4 is 0 Å². The number of carbonyl (C=O) groups is 1. The van der Waals surface area contributed by atoms with Gasteiger partial charge in [-0.25, -0.2) is 8.42 Å². The number of sulfonamides is 1. The van der Waals surface area contributed by atoms with Crippen LogP contribution in [-0.2, 0) is 17.1 Å². The van der Waals surface area contributed by atoms with Gasteiger partial charge in [0.05, 0.1) is 4.90 Å². The summed E-state index contributed by atoms with van der Waals surface area (Å²) in [6.07, 6.45) is 4.44. The Morgan fingerprint density at radius 3 is 2.19 bits per heavy atom. The second kappa shape index (κ2) is 8.70. The predicted molar refractivity (Wildman–Crippen MR) is 117 cm³/mol. The van der Waals surface area contributed by atoms with E-state index in [1.54, 1.807) is 34.9 Å². The summed E-state index contributed by atoms with van der Waals surface area (Å²) in [6.45, 7) is 6.59. The number of benzene rings is 1. The maximum atomic E-state index is 13.1. The Balaban J connectivity index is 1.41. The van der Waals surface area contributed by atoms with Gasteiger partial charge >= 0.3 is 0 Å². The molecular weight excluding hydrogens is 414 g/mol. The number of carbonyl (C=O) groups excluding carboxylic acids is 1. The number of hydrogen-bond acceptors (Lipinski definition) is 5. The number of likely N-dealkylation sites (tertiary alicyclic amines) is 1. The molecule has 1 aromatic heterocycles. The number of hydrogen-bond donors (Lipinski definition) is 0. The van der Waals surface area contributed by atoms with Crippen LogP contribution in [-0.4, -0.2) is 64.5 Å². The summed E-state index contributed by atoms with van der Waals surface area (Å²) in [6, 6.07) is 6.42. The molecule has 168 valence electrons. The van der Waals surface area contributed by atoms with Crippen LogP contribution in [0.2, 0.25) is 0 Å². The monoisotopic (exact) mass is 445 g/mol. The van der Waals surface area contributed by atoms with Crippen molar-refractivity contribution in [1.82, 2.24) is 24.0 Å². The normalized spacial score (nSPS) is 23.8. The molecule has 0 bridgehead atoms. The molecule has 0 spiro atoms. The Hall–Kier alpha value is -2.26. The van der Waals surface area contributed by atoms with Gasteiger partial charge in [0.25, 0.3) is 5.91 Å². The third kappa shape index (κ3) is 4.52. The predicted octanol–water partition coefficient (Wildman–Crippen LogP) is 2.50. The van der Waals surface area contributed by atoms with Gasteiger partial charge in [-0.3, -0.25) is 4.79 Å². The lowest BCUT2D eigenvalue weighted by molar-refractivity contribution is 0.0710. The van der Waals surface area contributed by atoms with Gasteiger partial charge in [0.2, 0.25) is 10.0 Å². The van der Waals surface area contributed by atoms with Crippen LogP contribution in [0.5, 0.6) is 0 Å². The lowest BCUT2D eigenvalue weighted by Gasteiger charge is -2.34. The van der Waals surface area contributed by atoms with E-state index in [1.807, 2.05) is 16.5 Å². The zero-order chi connectivity index (χ0) is 22.2. The van der Waals surface area contributed by atoms with Crippen LogP contribution in [0.4, 0.5) is 0 Å². The van der Waals surface area contributed by atoms with Crippen molar-refractivity contribution in [3.05, 3.63) is 42.0 Å². The molecule has 2 fully saturated rings. The third-order valence-corrected chi connectivity index (χ3v) is 8.31. The van der Waals surface area contributed by atoms with Crippen molar-refractivity contribution in [1.29, 1.82) is 0 Å². The van der Waals surface area contributed by atoms with Gasteiger partial charge in [-0.05, 0) is 55.4 Å². The highest BCUT2D eigenvalue weighted by atomic mass is 32.2. The lowest BCUT2D eigenvalue weighted by Crippen LogP contribution is -2.42. The Labute approximate surface area is 184 Å². The molecule has 0 unspecified atom stereocenters. The maximum Gasteiger partial charge on any atom is 0.253 e. The molecule has 0 saturated carbocycles. The van der Waals surface area contributed by atoms with Gasteiger partial charge in [0, 0.05) is 44.7 Å². The molecule has 9 heteroatoms. The van der Waals surface area contributed by atoms with E-state index >= 15 is 0 Å². The summed E-state index contributed by atoms with van der Waals surface area (Å²) in [5.74, 6) is 1.91. The molecule has 2 aliphatic heterocycles. The van der Waals surface area contributed by atoms with E-state index in [4.69, 9.17) is 0 Å². The Kier molecular flexibility index (Phi) is 6.16. The van der Waals surface area contributed by atoms with E-state index < -0.39 is 10.0 Å². The number of rotatable bonds is 4. The molecule has 2 aromatic rings. The van der Waals surface area contributed by atoms with Gasteiger partial charge in [-0.2, -0.15) is 4.31 Å². The average Bonchev–Trinajstić information content (AvgIpc) is 3.18. The van der Waals surface area contributed by atoms with Crippen molar-refractivity contribution < 1.29 is 13.2 Å². The van der Waals surface area contributed by atoms with Crippen LogP contribution in [0.3, 0.4) is 0 Å². The van der Waals surface area contributed by atoms with Crippen molar-refractivity contribution in [2.75, 3.05) is 26.2 Å². The Morgan fingerprint density at radius 2 is 1.65 bits per heavy atom. The van der Waals surface area contributed by atoms with E-state index in [0.29, 0.717) is 49.5 Å². The minimum atomic E-state index is -3.54. The molecular formula is C22H31N5O3S. The molecule has 31 heavy (non-hydrogen) atoms. The first kappa shape index (κ1) is 22.0. The van der Waals surface area contributed by atoms with Crippen LogP contribution in [0, 0.1) is 11.8 Å². The topological polar surface area (TPSA) is 88.4 Å². The fraction of sp³-hybridized carbons (Fsp3) is 0.591. The number of amides is 1. The van der Waals surface area contributed by atoms with Crippen molar-refractivity contribution in [3.63, 3.8) is 0 Å². The second-order valence-electron chi connectivity index (χ2n) is 9.16. The van der Waals surface area contributed by atoms with Crippen LogP contribution in [0.1, 0.15) is 55.2 Å². The van der Waals surface area contributed by atoms with Gasteiger partial charge < -0.3 is 9.47 Å². The van der Waals surface area contributed by atoms with Gasteiger partial charge in [0.15, 0.2) is 0 Å². The summed E-state index contributed by atoms with van der Waals surface area (Å²) in [5, 5.41) is 8.15. The third-order valence-electron chi connectivity index (χ3n) is 6.47. The zero-order valence-electron chi connectivity index (χ0n) is 18.4. The van der Waals surface area contributed by atoms with E-state index in [2.05, 4.69) is 24.0 Å². The summed E-state index contributed by atoms with van der Waals surface area (Å²) < 4.78 is 29.6. The van der Waals surface area contributed by atoms with Gasteiger partial charge in [0.1, 0.15) is 12.2 Å². The molecule has 3 heterocycles. The van der Waals surface area contributed by atoms with E-state index in [-0.39, 0.29) is 10.8 Å². The smallest absolute Gasteiger partial charge is 0.253 e. The number of nitrogens with zero attached hydrogens (tertiary/aromatic N) is 5. The van der Waals surface area contributed by atoms with E-state index in [0.717, 1.165) is 25.1 Å². The molecule has 2 aliphatic rings. The molecule has 0 aliphatic carbocycles. The molecule has 1 amide bonds. The maximum absolute atomic E-state index is 13.1. The SMILES string of the molecule is C[C@H]1C[C@H](C)CN(S(=O)(=O)c2ccc(C(=O)N3CCC(c4nncn4C)CC3)cc2)C1. The molecule has 2 atom stereocenters. The molecule has 0 radical (unpaired) electrons. The molecule has 0 N–H and O–H groups in total. The minimum absolute atomic E-state index is 0.0550. The average molecular weight is 446 g/mol. The molecule has 2 saturated heterocycles. The fourth-order valence-corrected chi connectivity index (χ4v) is 6.59. The largest absolute Gasteiger partial charge is 0.339 e. The Morgan fingerprint density at radius 1 is 1.03 bits per heavy atom. The van der Waals surface area contributed by atoms with Crippen molar-refractivity contribution in [2.45, 2.75) is 43.9 Å². The quantitative estimate of drug-likeness (QED) is 0.722. The van der Waals surface area contributed by atoms with Crippen LogP contribution in [0.15, 0.2) is 35.5 Å². The first-order valence-corrected chi connectivity index (χ1v) is 12.4. The summed E-state index contributed by atoms with van der Waals surface area (Å²) >= 11 is 0. The van der Waals surface area contributed by atoms with E-state index in [1.165, 1.54) is 0 Å². The summed E-state index contributed by atoms with van der Waals surface area (Å²) in [4.78, 5) is 15.0. The highest BCUT2D eigenvalue weighted by Crippen LogP contribution is 2.28. The summed E-state index contributed by atoms with van der Waals surface area (Å²) in [7, 11) is -1.60. The van der Waals surface area contributed by atoms with Crippen molar-refractivity contribution in [3.8, 4) is 0 Å². The lowest BCUT2D eigenvalue weighted by atomic mass is 9.94. The summed E-state index contributed by atoms with van der Waals surface area (Å²) in [5.41, 5.74) is 0.524. The van der Waals surface area contributed by atoms with Crippen molar-refractivity contribution >= 4 is 15.9 Å².